The molecule has 0 bridgehead atoms. The number of aromatic nitrogens is 4. The van der Waals surface area contributed by atoms with Gasteiger partial charge in [0.25, 0.3) is 5.91 Å². The van der Waals surface area contributed by atoms with Gasteiger partial charge in [-0.25, -0.2) is 4.79 Å². The lowest BCUT2D eigenvalue weighted by Gasteiger charge is -2.62. The molecule has 1 amide bonds. The number of amides is 1. The molecule has 16 heteroatoms. The van der Waals surface area contributed by atoms with E-state index in [-0.39, 0.29) is 91.9 Å². The first kappa shape index (κ1) is 65.2. The molecular weight excluding hydrogens is 992 g/mol. The van der Waals surface area contributed by atoms with E-state index >= 15 is 0 Å². The minimum absolute atomic E-state index is 0. The highest BCUT2D eigenvalue weighted by atomic mass is 19.1. The predicted molar refractivity (Wildman–Crippen MR) is 306 cm³/mol. The Bertz CT molecular complexity index is 2330. The number of carboxylic acid groups (broad SMARTS) is 1. The first-order valence-corrected chi connectivity index (χ1v) is 28.3. The number of ketones is 2. The maximum atomic E-state index is 13.6. The van der Waals surface area contributed by atoms with Crippen LogP contribution in [0.2, 0.25) is 0 Å². The van der Waals surface area contributed by atoms with Gasteiger partial charge < -0.3 is 35.0 Å². The molecule has 78 heavy (non-hydrogen) atoms. The van der Waals surface area contributed by atoms with Crippen molar-refractivity contribution >= 4 is 23.4 Å². The van der Waals surface area contributed by atoms with Crippen LogP contribution in [0.1, 0.15) is 188 Å². The molecule has 2 heterocycles. The van der Waals surface area contributed by atoms with Crippen LogP contribution in [0.4, 0.5) is 4.39 Å². The number of Topliss-reactive ketones (excluding diaryl/α,β-unsaturated/α-hetero) is 2. The molecule has 0 aliphatic heterocycles. The number of fused-ring (bicyclic) bond motifs is 10. The number of methoxy groups -OCH3 is 2. The molecule has 446 valence electrons. The van der Waals surface area contributed by atoms with E-state index in [0.29, 0.717) is 66.1 Å². The van der Waals surface area contributed by atoms with Gasteiger partial charge in [-0.2, -0.15) is 10.2 Å². The van der Waals surface area contributed by atoms with Crippen LogP contribution in [0.5, 0.6) is 0 Å². The van der Waals surface area contributed by atoms with Gasteiger partial charge in [0, 0.05) is 52.5 Å². The standard InChI is InChI=1S/C29H45N3O4.C27H40N2O5.C2H7N.CH3F.3CH4/c1-27-12-13-29(35,18-36-5)14-20(27)6-7-21-22-8-9-24(28(22,2)11-10-23(21)27)25(33)17-32-16-19(15-30-32)26(34)31(3)4;1-25-10-11-27(33,16-34-3)12-18(25)4-5-19-20-6-7-22(26(20,2)9-8-21(19)25)23(30)15-29-14-17(13-28-29)24(31)32;1-3-2;1-2;;;/h15-16,20-24,35H,6-14,17-18H2,1-5H3;13-14,18-22,33H,4-12,15-16H2,1-3H3,(H,31,32);3H,1-2H3;1H3;3*1H4/t20-,21-,22-,23-,24+,27-,28-,29+;18-,19-,20-,21-,22+,25-,26-,27+;;;;;/m00...../s1/i;;;1D;;;. The summed E-state index contributed by atoms with van der Waals surface area (Å²) >= 11 is 0. The zero-order valence-electron chi connectivity index (χ0n) is 48.3. The van der Waals surface area contributed by atoms with Crippen LogP contribution in [0, 0.1) is 80.8 Å². The molecule has 8 aliphatic rings. The second-order valence-electron chi connectivity index (χ2n) is 26.2. The average molecular weight is 1100 g/mol. The summed E-state index contributed by atoms with van der Waals surface area (Å²) in [6.45, 7) is 11.0. The highest BCUT2D eigenvalue weighted by molar-refractivity contribution is 5.93. The maximum absolute atomic E-state index is 13.6. The highest BCUT2D eigenvalue weighted by Crippen LogP contribution is 2.70. The van der Waals surface area contributed by atoms with Crippen LogP contribution in [0.3, 0.4) is 0 Å². The molecular formula is C62H107FN6O9. The number of nitrogens with zero attached hydrogens (tertiary/aromatic N) is 5. The third kappa shape index (κ3) is 12.7. The smallest absolute Gasteiger partial charge is 0.338 e. The van der Waals surface area contributed by atoms with Gasteiger partial charge in [-0.05, 0) is 199 Å². The number of carbonyl (C=O) groups excluding carboxylic acids is 3. The minimum Gasteiger partial charge on any atom is -0.478 e. The number of carbonyl (C=O) groups is 4. The Kier molecular flexibility index (Phi) is 22.2. The van der Waals surface area contributed by atoms with Crippen LogP contribution in [-0.2, 0) is 32.2 Å². The predicted octanol–water partition coefficient (Wildman–Crippen LogP) is 10.7. The number of hydrogen-bond acceptors (Lipinski definition) is 11. The normalized spacial score (nSPS) is 38.8. The summed E-state index contributed by atoms with van der Waals surface area (Å²) in [5.74, 6) is 4.47. The van der Waals surface area contributed by atoms with Crippen LogP contribution in [0.25, 0.3) is 0 Å². The molecule has 4 N–H and O–H groups in total. The minimum atomic E-state index is -1.02. The summed E-state index contributed by atoms with van der Waals surface area (Å²) in [6, 6.07) is 0. The molecule has 15 nitrogen and oxygen atoms in total. The van der Waals surface area contributed by atoms with Crippen LogP contribution in [0.15, 0.2) is 24.8 Å². The van der Waals surface area contributed by atoms with Crippen molar-refractivity contribution in [1.29, 1.82) is 0 Å². The molecule has 10 rings (SSSR count). The summed E-state index contributed by atoms with van der Waals surface area (Å²) in [4.78, 5) is 51.9. The van der Waals surface area contributed by atoms with Gasteiger partial charge in [0.05, 0.1) is 69.6 Å². The topological polar surface area (TPSA) is 198 Å². The third-order valence-electron chi connectivity index (χ3n) is 22.0. The summed E-state index contributed by atoms with van der Waals surface area (Å²) < 4.78 is 29.4. The average Bonchev–Trinajstić information content (AvgIpc) is 4.32. The number of aromatic carboxylic acids is 1. The summed E-state index contributed by atoms with van der Waals surface area (Å²) in [7, 11) is 9.57. The van der Waals surface area contributed by atoms with Crippen LogP contribution >= 0.6 is 0 Å². The van der Waals surface area contributed by atoms with E-state index in [1.807, 2.05) is 14.1 Å². The third-order valence-corrected chi connectivity index (χ3v) is 22.0. The van der Waals surface area contributed by atoms with Gasteiger partial charge in [-0.15, -0.1) is 0 Å². The first-order chi connectivity index (χ1) is 35.9. The van der Waals surface area contributed by atoms with E-state index in [4.69, 9.17) is 16.0 Å². The van der Waals surface area contributed by atoms with Crippen molar-refractivity contribution in [1.82, 2.24) is 29.8 Å². The Hall–Kier alpha value is -3.57. The van der Waals surface area contributed by atoms with Crippen molar-refractivity contribution in [2.45, 2.75) is 190 Å². The van der Waals surface area contributed by atoms with Gasteiger partial charge in [-0.1, -0.05) is 50.0 Å². The zero-order valence-corrected chi connectivity index (χ0v) is 47.3. The van der Waals surface area contributed by atoms with Gasteiger partial charge in [0.1, 0.15) is 0 Å². The van der Waals surface area contributed by atoms with E-state index in [1.54, 1.807) is 45.4 Å². The monoisotopic (exact) mass is 1100 g/mol. The van der Waals surface area contributed by atoms with E-state index in [2.05, 4.69) is 43.2 Å². The van der Waals surface area contributed by atoms with Crippen LogP contribution < -0.4 is 5.32 Å². The second kappa shape index (κ2) is 26.6. The second-order valence-corrected chi connectivity index (χ2v) is 26.2. The Morgan fingerprint density at radius 1 is 0.641 bits per heavy atom. The van der Waals surface area contributed by atoms with Gasteiger partial charge >= 0.3 is 5.97 Å². The number of rotatable bonds is 12. The largest absolute Gasteiger partial charge is 0.478 e. The Labute approximate surface area is 470 Å². The molecule has 8 aliphatic carbocycles. The molecule has 0 unspecified atom stereocenters. The van der Waals surface area contributed by atoms with E-state index in [9.17, 15) is 33.8 Å². The number of carboxylic acids is 1. The van der Waals surface area contributed by atoms with Gasteiger partial charge in [-0.3, -0.25) is 28.1 Å². The van der Waals surface area contributed by atoms with Crippen LogP contribution in [-0.4, -0.2) is 137 Å². The Balaban J connectivity index is 0.000000300. The quantitative estimate of drug-likeness (QED) is 0.157. The maximum Gasteiger partial charge on any atom is 0.338 e. The van der Waals surface area contributed by atoms with E-state index in [1.165, 1.54) is 60.5 Å². The zero-order chi connectivity index (χ0) is 55.6. The first-order valence-electron chi connectivity index (χ1n) is 29.1. The molecule has 0 spiro atoms. The number of aliphatic hydroxyl groups is 2. The number of ether oxygens (including phenoxy) is 2. The number of halogens is 1. The lowest BCUT2D eigenvalue weighted by molar-refractivity contribution is -0.164. The number of nitrogens with one attached hydrogen (secondary N) is 1. The molecule has 2 aromatic rings. The van der Waals surface area contributed by atoms with Gasteiger partial charge in [0.15, 0.2) is 11.6 Å². The molecule has 0 aromatic carbocycles. The van der Waals surface area contributed by atoms with Crippen molar-refractivity contribution in [3.05, 3.63) is 35.9 Å². The molecule has 2 aromatic heterocycles. The number of hydrogen-bond donors (Lipinski definition) is 4. The summed E-state index contributed by atoms with van der Waals surface area (Å²) in [5.41, 5.74) is -0.0445. The number of alkyl halides is 1. The molecule has 16 atom stereocenters. The lowest BCUT2D eigenvalue weighted by atomic mass is 9.44. The molecule has 8 saturated carbocycles. The van der Waals surface area contributed by atoms with Crippen molar-refractivity contribution in [3.63, 3.8) is 0 Å². The fourth-order valence-corrected chi connectivity index (χ4v) is 18.4. The van der Waals surface area contributed by atoms with Crippen molar-refractivity contribution in [2.75, 3.05) is 62.8 Å². The van der Waals surface area contributed by atoms with E-state index in [0.717, 1.165) is 77.0 Å². The van der Waals surface area contributed by atoms with Crippen molar-refractivity contribution in [3.8, 4) is 0 Å². The Morgan fingerprint density at radius 3 is 1.37 bits per heavy atom. The molecule has 8 fully saturated rings. The van der Waals surface area contributed by atoms with E-state index < -0.39 is 24.3 Å². The SMILES string of the molecule is C.C.C.CNC.COC[C@@]1(O)CC[C@@]2(C)[C@@H](CC[C@@H]3[C@@H]2CC[C@]2(C)[C@@H](C(=O)Cn4cc(C(=O)N(C)C)cn4)CC[C@@H]32)C1.COC[C@@]1(O)CC[C@@]2(C)[C@@H](CC[C@@H]3[C@@H]2CC[C@]2(C)[C@@H](C(=O)Cn4cc(C(=O)O)cn4)CC[C@@H]32)C1.[2H]CF. The highest BCUT2D eigenvalue weighted by Gasteiger charge is 2.64. The van der Waals surface area contributed by atoms with Crippen molar-refractivity contribution in [2.24, 2.45) is 80.8 Å². The summed E-state index contributed by atoms with van der Waals surface area (Å²) in [6.07, 6.45) is 25.1. The van der Waals surface area contributed by atoms with Gasteiger partial charge in [0.2, 0.25) is 0 Å². The molecule has 0 radical (unpaired) electrons. The van der Waals surface area contributed by atoms with Crippen molar-refractivity contribution < 1.29 is 49.7 Å². The fourth-order valence-electron chi connectivity index (χ4n) is 18.4. The fraction of sp³-hybridized carbons (Fsp3) is 0.839. The summed E-state index contributed by atoms with van der Waals surface area (Å²) in [5, 5.41) is 42.5. The molecule has 0 saturated heterocycles. The Morgan fingerprint density at radius 2 is 1.01 bits per heavy atom. The lowest BCUT2D eigenvalue weighted by Crippen LogP contribution is -2.56.